The smallest absolute Gasteiger partial charge is 0.196 e. The van der Waals surface area contributed by atoms with Crippen LogP contribution in [0.5, 0.6) is 0 Å². The highest BCUT2D eigenvalue weighted by molar-refractivity contribution is 5.50. The average Bonchev–Trinajstić information content (AvgIpc) is 2.44. The van der Waals surface area contributed by atoms with E-state index in [1.54, 1.807) is 0 Å². The van der Waals surface area contributed by atoms with Crippen LogP contribution in [0.15, 0.2) is 12.1 Å². The van der Waals surface area contributed by atoms with Crippen molar-refractivity contribution in [2.45, 2.75) is 38.8 Å². The number of halogens is 3. The Kier molecular flexibility index (Phi) is 4.34. The van der Waals surface area contributed by atoms with Gasteiger partial charge in [-0.1, -0.05) is 13.8 Å². The maximum Gasteiger partial charge on any atom is 0.196 e. The Balaban J connectivity index is 2.34. The van der Waals surface area contributed by atoms with E-state index in [2.05, 4.69) is 5.32 Å². The first-order valence-electron chi connectivity index (χ1n) is 6.72. The molecule has 1 fully saturated rings. The largest absolute Gasteiger partial charge is 0.363 e. The van der Waals surface area contributed by atoms with Crippen molar-refractivity contribution in [2.24, 2.45) is 0 Å². The summed E-state index contributed by atoms with van der Waals surface area (Å²) in [5.74, 6) is -3.62. The molecule has 1 N–H and O–H groups in total. The highest BCUT2D eigenvalue weighted by Gasteiger charge is 2.29. The zero-order valence-corrected chi connectivity index (χ0v) is 11.2. The molecule has 0 bridgehead atoms. The van der Waals surface area contributed by atoms with Crippen LogP contribution in [0.25, 0.3) is 0 Å². The topological polar surface area (TPSA) is 15.3 Å². The third-order valence-electron chi connectivity index (χ3n) is 3.79. The molecule has 2 atom stereocenters. The predicted octanol–water partition coefficient (Wildman–Crippen LogP) is 3.07. The van der Waals surface area contributed by atoms with E-state index >= 15 is 0 Å². The molecule has 2 nitrogen and oxygen atoms in total. The summed E-state index contributed by atoms with van der Waals surface area (Å²) in [4.78, 5) is 1.85. The van der Waals surface area contributed by atoms with Crippen LogP contribution in [0.4, 0.5) is 18.9 Å². The molecule has 19 heavy (non-hydrogen) atoms. The van der Waals surface area contributed by atoms with Crippen LogP contribution < -0.4 is 10.2 Å². The van der Waals surface area contributed by atoms with Gasteiger partial charge in [-0.2, -0.15) is 0 Å². The first-order valence-corrected chi connectivity index (χ1v) is 6.72. The third kappa shape index (κ3) is 2.71. The highest BCUT2D eigenvalue weighted by atomic mass is 19.2. The second-order valence-corrected chi connectivity index (χ2v) is 4.92. The minimum Gasteiger partial charge on any atom is -0.363 e. The summed E-state index contributed by atoms with van der Waals surface area (Å²) in [5.41, 5.74) is 0.158. The molecular formula is C14H19F3N2. The zero-order valence-electron chi connectivity index (χ0n) is 11.2. The molecule has 1 saturated heterocycles. The monoisotopic (exact) mass is 272 g/mol. The number of benzene rings is 1. The van der Waals surface area contributed by atoms with Crippen LogP contribution >= 0.6 is 0 Å². The van der Waals surface area contributed by atoms with Gasteiger partial charge in [-0.3, -0.25) is 0 Å². The zero-order chi connectivity index (χ0) is 14.0. The van der Waals surface area contributed by atoms with Crippen molar-refractivity contribution in [3.63, 3.8) is 0 Å². The maximum absolute atomic E-state index is 13.9. The SMILES string of the molecule is CCC1CN(c2ccc(F)c(F)c2F)C(CC)CN1. The van der Waals surface area contributed by atoms with Crippen LogP contribution in [0.3, 0.4) is 0 Å². The summed E-state index contributed by atoms with van der Waals surface area (Å²) in [6, 6.07) is 2.66. The van der Waals surface area contributed by atoms with Crippen LogP contribution in [0.1, 0.15) is 26.7 Å². The van der Waals surface area contributed by atoms with Gasteiger partial charge in [0.2, 0.25) is 0 Å². The second kappa shape index (κ2) is 5.82. The van der Waals surface area contributed by atoms with Gasteiger partial charge in [-0.15, -0.1) is 0 Å². The van der Waals surface area contributed by atoms with Crippen LogP contribution in [-0.2, 0) is 0 Å². The van der Waals surface area contributed by atoms with Crippen molar-refractivity contribution < 1.29 is 13.2 Å². The molecule has 0 aromatic heterocycles. The lowest BCUT2D eigenvalue weighted by Gasteiger charge is -2.41. The Morgan fingerprint density at radius 3 is 2.53 bits per heavy atom. The van der Waals surface area contributed by atoms with Gasteiger partial charge in [0.25, 0.3) is 0 Å². The van der Waals surface area contributed by atoms with Crippen molar-refractivity contribution in [3.05, 3.63) is 29.6 Å². The Labute approximate surface area is 111 Å². The number of hydrogen-bond donors (Lipinski definition) is 1. The van der Waals surface area contributed by atoms with Gasteiger partial charge >= 0.3 is 0 Å². The second-order valence-electron chi connectivity index (χ2n) is 4.92. The molecule has 1 aliphatic heterocycles. The van der Waals surface area contributed by atoms with Crippen molar-refractivity contribution in [1.29, 1.82) is 0 Å². The number of piperazine rings is 1. The standard InChI is InChI=1S/C14H19F3N2/c1-3-9-8-19(10(4-2)7-18-9)12-6-5-11(15)13(16)14(12)17/h5-6,9-10,18H,3-4,7-8H2,1-2H3. The molecule has 1 aromatic carbocycles. The lowest BCUT2D eigenvalue weighted by molar-refractivity contribution is 0.371. The van der Waals surface area contributed by atoms with E-state index in [1.165, 1.54) is 6.07 Å². The maximum atomic E-state index is 13.9. The Bertz CT molecular complexity index is 451. The van der Waals surface area contributed by atoms with Gasteiger partial charge in [0, 0.05) is 25.2 Å². The minimum atomic E-state index is -1.39. The van der Waals surface area contributed by atoms with Crippen LogP contribution in [0.2, 0.25) is 0 Å². The Hall–Kier alpha value is -1.23. The summed E-state index contributed by atoms with van der Waals surface area (Å²) < 4.78 is 40.3. The normalized spacial score (nSPS) is 23.7. The van der Waals surface area contributed by atoms with Gasteiger partial charge in [-0.05, 0) is 25.0 Å². The molecule has 0 saturated carbocycles. The number of nitrogens with zero attached hydrogens (tertiary/aromatic N) is 1. The van der Waals surface area contributed by atoms with E-state index in [4.69, 9.17) is 0 Å². The number of hydrogen-bond acceptors (Lipinski definition) is 2. The van der Waals surface area contributed by atoms with E-state index in [9.17, 15) is 13.2 Å². The van der Waals surface area contributed by atoms with Crippen molar-refractivity contribution in [1.82, 2.24) is 5.32 Å². The predicted molar refractivity (Wildman–Crippen MR) is 69.8 cm³/mol. The lowest BCUT2D eigenvalue weighted by atomic mass is 10.0. The molecule has 2 unspecified atom stereocenters. The summed E-state index contributed by atoms with van der Waals surface area (Å²) in [6.07, 6.45) is 1.74. The fraction of sp³-hybridized carbons (Fsp3) is 0.571. The molecule has 1 heterocycles. The van der Waals surface area contributed by atoms with Crippen molar-refractivity contribution >= 4 is 5.69 Å². The van der Waals surface area contributed by atoms with E-state index in [0.29, 0.717) is 6.54 Å². The molecule has 1 aliphatic rings. The molecular weight excluding hydrogens is 253 g/mol. The van der Waals surface area contributed by atoms with Crippen LogP contribution in [0, 0.1) is 17.5 Å². The van der Waals surface area contributed by atoms with Gasteiger partial charge in [0.05, 0.1) is 5.69 Å². The van der Waals surface area contributed by atoms with E-state index in [-0.39, 0.29) is 17.8 Å². The summed E-state index contributed by atoms with van der Waals surface area (Å²) in [5, 5.41) is 3.38. The first-order chi connectivity index (χ1) is 9.08. The molecule has 0 spiro atoms. The summed E-state index contributed by atoms with van der Waals surface area (Å²) in [6.45, 7) is 5.39. The third-order valence-corrected chi connectivity index (χ3v) is 3.79. The molecule has 106 valence electrons. The minimum absolute atomic E-state index is 0.0992. The molecule has 2 rings (SSSR count). The summed E-state index contributed by atoms with van der Waals surface area (Å²) >= 11 is 0. The number of nitrogens with one attached hydrogen (secondary N) is 1. The Morgan fingerprint density at radius 1 is 1.16 bits per heavy atom. The lowest BCUT2D eigenvalue weighted by Crippen LogP contribution is -2.56. The molecule has 0 aliphatic carbocycles. The van der Waals surface area contributed by atoms with Crippen molar-refractivity contribution in [3.8, 4) is 0 Å². The van der Waals surface area contributed by atoms with Gasteiger partial charge < -0.3 is 10.2 Å². The van der Waals surface area contributed by atoms with Gasteiger partial charge in [0.1, 0.15) is 0 Å². The molecule has 0 amide bonds. The van der Waals surface area contributed by atoms with Crippen LogP contribution in [-0.4, -0.2) is 25.2 Å². The highest BCUT2D eigenvalue weighted by Crippen LogP contribution is 2.27. The van der Waals surface area contributed by atoms with E-state index in [0.717, 1.165) is 25.5 Å². The molecule has 5 heteroatoms. The van der Waals surface area contributed by atoms with Crippen molar-refractivity contribution in [2.75, 3.05) is 18.0 Å². The van der Waals surface area contributed by atoms with Gasteiger partial charge in [0.15, 0.2) is 17.5 Å². The van der Waals surface area contributed by atoms with E-state index < -0.39 is 17.5 Å². The molecule has 0 radical (unpaired) electrons. The molecule has 1 aromatic rings. The quantitative estimate of drug-likeness (QED) is 0.851. The first kappa shape index (κ1) is 14.2. The van der Waals surface area contributed by atoms with E-state index in [1.807, 2.05) is 18.7 Å². The number of anilines is 1. The summed E-state index contributed by atoms with van der Waals surface area (Å²) in [7, 11) is 0. The average molecular weight is 272 g/mol. The Morgan fingerprint density at radius 2 is 1.89 bits per heavy atom. The number of rotatable bonds is 3. The fourth-order valence-electron chi connectivity index (χ4n) is 2.53. The van der Waals surface area contributed by atoms with Gasteiger partial charge in [-0.25, -0.2) is 13.2 Å². The fourth-order valence-corrected chi connectivity index (χ4v) is 2.53.